The summed E-state index contributed by atoms with van der Waals surface area (Å²) >= 11 is 0. The Morgan fingerprint density at radius 3 is 3.05 bits per heavy atom. The normalized spacial score (nSPS) is 22.8. The van der Waals surface area contributed by atoms with Crippen molar-refractivity contribution >= 4 is 5.91 Å². The average molecular weight is 275 g/mol. The Balaban J connectivity index is 1.82. The minimum Gasteiger partial charge on any atom is -0.338 e. The number of nitrogens with zero attached hydrogens (tertiary/aromatic N) is 2. The van der Waals surface area contributed by atoms with E-state index in [1.54, 1.807) is 6.20 Å². The van der Waals surface area contributed by atoms with Crippen molar-refractivity contribution in [2.24, 2.45) is 11.7 Å². The van der Waals surface area contributed by atoms with Crippen LogP contribution in [0.25, 0.3) is 0 Å². The van der Waals surface area contributed by atoms with E-state index in [9.17, 15) is 4.79 Å². The molecule has 20 heavy (non-hydrogen) atoms. The van der Waals surface area contributed by atoms with Crippen LogP contribution in [0.3, 0.4) is 0 Å². The lowest BCUT2D eigenvalue weighted by molar-refractivity contribution is -0.136. The van der Waals surface area contributed by atoms with E-state index in [1.807, 2.05) is 23.1 Å². The molecule has 1 aromatic heterocycles. The van der Waals surface area contributed by atoms with Gasteiger partial charge in [-0.2, -0.15) is 0 Å². The van der Waals surface area contributed by atoms with Crippen LogP contribution in [0.1, 0.15) is 38.3 Å². The molecule has 1 amide bonds. The van der Waals surface area contributed by atoms with Gasteiger partial charge in [0.15, 0.2) is 0 Å². The highest BCUT2D eigenvalue weighted by Crippen LogP contribution is 2.23. The van der Waals surface area contributed by atoms with Crippen LogP contribution in [0.5, 0.6) is 0 Å². The van der Waals surface area contributed by atoms with Crippen molar-refractivity contribution in [3.63, 3.8) is 0 Å². The molecule has 0 aromatic carbocycles. The second-order valence-corrected chi connectivity index (χ2v) is 5.68. The molecular formula is C16H25N3O. The first-order valence-corrected chi connectivity index (χ1v) is 7.62. The Kier molecular flexibility index (Phi) is 5.53. The summed E-state index contributed by atoms with van der Waals surface area (Å²) in [6, 6.07) is 6.14. The van der Waals surface area contributed by atoms with Crippen molar-refractivity contribution in [3.8, 4) is 0 Å². The van der Waals surface area contributed by atoms with Crippen LogP contribution in [0, 0.1) is 5.92 Å². The molecule has 4 nitrogen and oxygen atoms in total. The van der Waals surface area contributed by atoms with E-state index in [-0.39, 0.29) is 11.9 Å². The Labute approximate surface area is 121 Å². The molecule has 4 heteroatoms. The number of nitrogens with two attached hydrogens (primary N) is 1. The first-order chi connectivity index (χ1) is 9.72. The van der Waals surface area contributed by atoms with Crippen LogP contribution in [0.15, 0.2) is 24.4 Å². The number of carbonyl (C=O) groups is 1. The Morgan fingerprint density at radius 2 is 2.35 bits per heavy atom. The van der Waals surface area contributed by atoms with Crippen LogP contribution in [0.2, 0.25) is 0 Å². The zero-order chi connectivity index (χ0) is 14.4. The summed E-state index contributed by atoms with van der Waals surface area (Å²) in [7, 11) is 0. The molecule has 1 aromatic rings. The largest absolute Gasteiger partial charge is 0.338 e. The van der Waals surface area contributed by atoms with Gasteiger partial charge in [-0.15, -0.1) is 0 Å². The summed E-state index contributed by atoms with van der Waals surface area (Å²) in [5, 5.41) is 0. The number of hydrogen-bond donors (Lipinski definition) is 1. The maximum atomic E-state index is 12.4. The molecule has 0 spiro atoms. The molecule has 0 saturated carbocycles. The molecule has 2 rings (SSSR count). The molecule has 110 valence electrons. The first-order valence-electron chi connectivity index (χ1n) is 7.62. The number of amides is 1. The van der Waals surface area contributed by atoms with Crippen LogP contribution in [-0.4, -0.2) is 34.9 Å². The van der Waals surface area contributed by atoms with Gasteiger partial charge in [0, 0.05) is 37.4 Å². The van der Waals surface area contributed by atoms with Crippen LogP contribution in [-0.2, 0) is 11.2 Å². The molecular weight excluding hydrogens is 250 g/mol. The maximum absolute atomic E-state index is 12.4. The number of carbonyl (C=O) groups excluding carboxylic acids is 1. The smallest absolute Gasteiger partial charge is 0.222 e. The van der Waals surface area contributed by atoms with Gasteiger partial charge >= 0.3 is 0 Å². The van der Waals surface area contributed by atoms with E-state index in [1.165, 1.54) is 6.42 Å². The molecule has 0 radical (unpaired) electrons. The van der Waals surface area contributed by atoms with E-state index >= 15 is 0 Å². The van der Waals surface area contributed by atoms with Gasteiger partial charge in [-0.05, 0) is 43.7 Å². The molecule has 0 bridgehead atoms. The molecule has 0 aliphatic carbocycles. The van der Waals surface area contributed by atoms with Gasteiger partial charge in [-0.1, -0.05) is 13.0 Å². The number of likely N-dealkylation sites (tertiary alicyclic amines) is 1. The number of hydrogen-bond acceptors (Lipinski definition) is 3. The third-order valence-corrected chi connectivity index (χ3v) is 4.23. The van der Waals surface area contributed by atoms with E-state index < -0.39 is 0 Å². The highest BCUT2D eigenvalue weighted by molar-refractivity contribution is 5.76. The molecule has 2 N–H and O–H groups in total. The van der Waals surface area contributed by atoms with E-state index in [0.29, 0.717) is 18.9 Å². The topological polar surface area (TPSA) is 59.2 Å². The minimum atomic E-state index is 0.228. The minimum absolute atomic E-state index is 0.228. The summed E-state index contributed by atoms with van der Waals surface area (Å²) in [4.78, 5) is 18.6. The molecule has 1 aliphatic rings. The molecule has 2 unspecified atom stereocenters. The standard InChI is InChI=1S/C16H25N3O/c1-13-6-5-11-19(15(13)12-17)16(20)9-4-8-14-7-2-3-10-18-14/h2-3,7,10,13,15H,4-6,8-9,11-12,17H2,1H3. The predicted molar refractivity (Wildman–Crippen MR) is 80.1 cm³/mol. The molecule has 2 atom stereocenters. The summed E-state index contributed by atoms with van der Waals surface area (Å²) in [6.45, 7) is 3.65. The number of pyridine rings is 1. The second-order valence-electron chi connectivity index (χ2n) is 5.68. The Hall–Kier alpha value is -1.42. The molecule has 1 aliphatic heterocycles. The lowest BCUT2D eigenvalue weighted by Gasteiger charge is -2.39. The van der Waals surface area contributed by atoms with Gasteiger partial charge in [0.25, 0.3) is 0 Å². The average Bonchev–Trinajstić information content (AvgIpc) is 2.48. The fraction of sp³-hybridized carbons (Fsp3) is 0.625. The van der Waals surface area contributed by atoms with Crippen LogP contribution in [0.4, 0.5) is 0 Å². The van der Waals surface area contributed by atoms with Gasteiger partial charge in [-0.3, -0.25) is 9.78 Å². The number of piperidine rings is 1. The van der Waals surface area contributed by atoms with Crippen molar-refractivity contribution in [2.45, 2.75) is 45.1 Å². The quantitative estimate of drug-likeness (QED) is 0.894. The SMILES string of the molecule is CC1CCCN(C(=O)CCCc2ccccn2)C1CN. The zero-order valence-corrected chi connectivity index (χ0v) is 12.3. The fourth-order valence-corrected chi connectivity index (χ4v) is 3.03. The molecule has 1 saturated heterocycles. The monoisotopic (exact) mass is 275 g/mol. The van der Waals surface area contributed by atoms with Crippen molar-refractivity contribution in [2.75, 3.05) is 13.1 Å². The molecule has 1 fully saturated rings. The van der Waals surface area contributed by atoms with Gasteiger partial charge in [0.1, 0.15) is 0 Å². The zero-order valence-electron chi connectivity index (χ0n) is 12.3. The number of rotatable bonds is 5. The highest BCUT2D eigenvalue weighted by atomic mass is 16.2. The lowest BCUT2D eigenvalue weighted by atomic mass is 9.90. The van der Waals surface area contributed by atoms with Crippen LogP contribution >= 0.6 is 0 Å². The number of aryl methyl sites for hydroxylation is 1. The third kappa shape index (κ3) is 3.79. The van der Waals surface area contributed by atoms with Crippen molar-refractivity contribution in [1.29, 1.82) is 0 Å². The van der Waals surface area contributed by atoms with Gasteiger partial charge in [0.2, 0.25) is 5.91 Å². The summed E-state index contributed by atoms with van der Waals surface area (Å²) in [5.74, 6) is 0.774. The van der Waals surface area contributed by atoms with Crippen LogP contribution < -0.4 is 5.73 Å². The van der Waals surface area contributed by atoms with E-state index in [2.05, 4.69) is 11.9 Å². The van der Waals surface area contributed by atoms with Crippen molar-refractivity contribution in [1.82, 2.24) is 9.88 Å². The molecule has 2 heterocycles. The van der Waals surface area contributed by atoms with E-state index in [4.69, 9.17) is 5.73 Å². The Bertz CT molecular complexity index is 421. The van der Waals surface area contributed by atoms with Gasteiger partial charge < -0.3 is 10.6 Å². The predicted octanol–water partition coefficient (Wildman–Crippen LogP) is 1.99. The fourth-order valence-electron chi connectivity index (χ4n) is 3.03. The highest BCUT2D eigenvalue weighted by Gasteiger charge is 2.30. The van der Waals surface area contributed by atoms with Gasteiger partial charge in [0.05, 0.1) is 0 Å². The first kappa shape index (κ1) is 15.0. The van der Waals surface area contributed by atoms with E-state index in [0.717, 1.165) is 31.5 Å². The summed E-state index contributed by atoms with van der Waals surface area (Å²) in [6.07, 6.45) is 6.40. The summed E-state index contributed by atoms with van der Waals surface area (Å²) < 4.78 is 0. The third-order valence-electron chi connectivity index (χ3n) is 4.23. The number of aromatic nitrogens is 1. The maximum Gasteiger partial charge on any atom is 0.222 e. The second kappa shape index (κ2) is 7.39. The lowest BCUT2D eigenvalue weighted by Crippen LogP contribution is -2.51. The van der Waals surface area contributed by atoms with Gasteiger partial charge in [-0.25, -0.2) is 0 Å². The van der Waals surface area contributed by atoms with Crippen molar-refractivity contribution in [3.05, 3.63) is 30.1 Å². The summed E-state index contributed by atoms with van der Waals surface area (Å²) in [5.41, 5.74) is 6.90. The van der Waals surface area contributed by atoms with Crippen molar-refractivity contribution < 1.29 is 4.79 Å². The Morgan fingerprint density at radius 1 is 1.50 bits per heavy atom.